The third kappa shape index (κ3) is 2.94. The van der Waals surface area contributed by atoms with Gasteiger partial charge in [-0.1, -0.05) is 35.5 Å². The molecule has 0 aliphatic heterocycles. The average molecular weight is 245 g/mol. The van der Waals surface area contributed by atoms with Crippen LogP contribution in [0.4, 0.5) is 4.79 Å². The van der Waals surface area contributed by atoms with Gasteiger partial charge in [0, 0.05) is 5.56 Å². The molecule has 18 heavy (non-hydrogen) atoms. The third-order valence-corrected chi connectivity index (χ3v) is 2.14. The van der Waals surface area contributed by atoms with Crippen LogP contribution in [-0.4, -0.2) is 26.7 Å². The number of ether oxygens (including phenoxy) is 1. The number of rotatable bonds is 1. The fraction of sp³-hybridized carbons (Fsp3) is 0.308. The van der Waals surface area contributed by atoms with Gasteiger partial charge in [0.25, 0.3) is 0 Å². The summed E-state index contributed by atoms with van der Waals surface area (Å²) >= 11 is 0. The van der Waals surface area contributed by atoms with E-state index in [1.807, 2.05) is 30.3 Å². The number of carbonyl (C=O) groups is 1. The van der Waals surface area contributed by atoms with Crippen molar-refractivity contribution >= 4 is 6.09 Å². The number of hydrogen-bond acceptors (Lipinski definition) is 4. The zero-order chi connectivity index (χ0) is 13.2. The van der Waals surface area contributed by atoms with E-state index >= 15 is 0 Å². The van der Waals surface area contributed by atoms with Gasteiger partial charge in [-0.25, -0.2) is 4.79 Å². The van der Waals surface area contributed by atoms with Crippen LogP contribution in [0.25, 0.3) is 11.3 Å². The van der Waals surface area contributed by atoms with Gasteiger partial charge >= 0.3 is 6.09 Å². The second kappa shape index (κ2) is 4.60. The number of hydrogen-bond donors (Lipinski definition) is 0. The van der Waals surface area contributed by atoms with Crippen molar-refractivity contribution in [3.8, 4) is 11.3 Å². The molecule has 94 valence electrons. The maximum Gasteiger partial charge on any atom is 0.436 e. The van der Waals surface area contributed by atoms with E-state index < -0.39 is 11.7 Å². The van der Waals surface area contributed by atoms with Crippen LogP contribution in [0, 0.1) is 0 Å². The second-order valence-electron chi connectivity index (χ2n) is 4.89. The molecule has 0 N–H and O–H groups in total. The van der Waals surface area contributed by atoms with Crippen LogP contribution in [0.2, 0.25) is 0 Å². The normalized spacial score (nSPS) is 11.3. The number of nitrogens with zero attached hydrogens (tertiary/aromatic N) is 3. The minimum atomic E-state index is -0.546. The lowest BCUT2D eigenvalue weighted by Gasteiger charge is -2.18. The first kappa shape index (κ1) is 12.3. The molecule has 2 rings (SSSR count). The Morgan fingerprint density at radius 3 is 2.50 bits per heavy atom. The van der Waals surface area contributed by atoms with Gasteiger partial charge in [0.05, 0.1) is 6.20 Å². The van der Waals surface area contributed by atoms with Crippen molar-refractivity contribution in [1.82, 2.24) is 15.0 Å². The molecule has 1 aromatic carbocycles. The van der Waals surface area contributed by atoms with Gasteiger partial charge in [0.15, 0.2) is 0 Å². The van der Waals surface area contributed by atoms with Gasteiger partial charge in [-0.05, 0) is 20.8 Å². The first-order valence-corrected chi connectivity index (χ1v) is 5.67. The Morgan fingerprint density at radius 2 is 1.89 bits per heavy atom. The molecule has 1 aromatic heterocycles. The molecule has 5 nitrogen and oxygen atoms in total. The smallest absolute Gasteiger partial charge is 0.436 e. The van der Waals surface area contributed by atoms with E-state index in [1.54, 1.807) is 27.0 Å². The fourth-order valence-corrected chi connectivity index (χ4v) is 1.40. The zero-order valence-corrected chi connectivity index (χ0v) is 10.6. The number of carbonyl (C=O) groups excluding carboxylic acids is 1. The SMILES string of the molecule is CC(C)(C)OC(=O)n1cc(-c2ccccc2)nn1. The van der Waals surface area contributed by atoms with Crippen molar-refractivity contribution in [3.63, 3.8) is 0 Å². The topological polar surface area (TPSA) is 57.0 Å². The Hall–Kier alpha value is -2.17. The summed E-state index contributed by atoms with van der Waals surface area (Å²) in [6.45, 7) is 5.42. The highest BCUT2D eigenvalue weighted by molar-refractivity contribution is 5.71. The standard InChI is InChI=1S/C13H15N3O2/c1-13(2,3)18-12(17)16-9-11(14-15-16)10-7-5-4-6-8-10/h4-9H,1-3H3. The first-order valence-electron chi connectivity index (χ1n) is 5.67. The lowest BCUT2D eigenvalue weighted by molar-refractivity contribution is 0.0511. The van der Waals surface area contributed by atoms with Crippen molar-refractivity contribution in [1.29, 1.82) is 0 Å². The van der Waals surface area contributed by atoms with Crippen molar-refractivity contribution in [2.45, 2.75) is 26.4 Å². The van der Waals surface area contributed by atoms with E-state index in [1.165, 1.54) is 0 Å². The minimum Gasteiger partial charge on any atom is -0.442 e. The first-order chi connectivity index (χ1) is 8.46. The van der Waals surface area contributed by atoms with E-state index in [0.29, 0.717) is 5.69 Å². The Labute approximate surface area is 105 Å². The third-order valence-electron chi connectivity index (χ3n) is 2.14. The summed E-state index contributed by atoms with van der Waals surface area (Å²) in [6.07, 6.45) is 1.03. The summed E-state index contributed by atoms with van der Waals surface area (Å²) in [6, 6.07) is 9.54. The fourth-order valence-electron chi connectivity index (χ4n) is 1.40. The zero-order valence-electron chi connectivity index (χ0n) is 10.6. The van der Waals surface area contributed by atoms with Crippen molar-refractivity contribution in [2.24, 2.45) is 0 Å². The summed E-state index contributed by atoms with van der Waals surface area (Å²) in [7, 11) is 0. The number of benzene rings is 1. The molecular weight excluding hydrogens is 230 g/mol. The van der Waals surface area contributed by atoms with E-state index in [2.05, 4.69) is 10.3 Å². The molecule has 0 atom stereocenters. The predicted octanol–water partition coefficient (Wildman–Crippen LogP) is 2.73. The monoisotopic (exact) mass is 245 g/mol. The van der Waals surface area contributed by atoms with Crippen LogP contribution in [0.15, 0.2) is 36.5 Å². The summed E-state index contributed by atoms with van der Waals surface area (Å²) < 4.78 is 6.30. The van der Waals surface area contributed by atoms with Gasteiger partial charge < -0.3 is 4.74 Å². The van der Waals surface area contributed by atoms with Gasteiger partial charge in [-0.15, -0.1) is 5.10 Å². The molecule has 0 amide bonds. The van der Waals surface area contributed by atoms with Gasteiger partial charge in [-0.2, -0.15) is 4.68 Å². The van der Waals surface area contributed by atoms with E-state index in [4.69, 9.17) is 4.74 Å². The van der Waals surface area contributed by atoms with Gasteiger partial charge in [0.1, 0.15) is 11.3 Å². The molecule has 0 saturated carbocycles. The Kier molecular flexibility index (Phi) is 3.14. The van der Waals surface area contributed by atoms with Crippen LogP contribution >= 0.6 is 0 Å². The summed E-state index contributed by atoms with van der Waals surface area (Å²) in [5.74, 6) is 0. The van der Waals surface area contributed by atoms with Gasteiger partial charge in [0.2, 0.25) is 0 Å². The molecule has 0 radical (unpaired) electrons. The molecule has 0 spiro atoms. The molecule has 0 unspecified atom stereocenters. The Bertz CT molecular complexity index is 541. The molecule has 0 aliphatic rings. The van der Waals surface area contributed by atoms with Crippen molar-refractivity contribution in [2.75, 3.05) is 0 Å². The molecule has 0 fully saturated rings. The van der Waals surface area contributed by atoms with Crippen LogP contribution in [0.3, 0.4) is 0 Å². The highest BCUT2D eigenvalue weighted by Gasteiger charge is 2.19. The van der Waals surface area contributed by atoms with Crippen molar-refractivity contribution < 1.29 is 9.53 Å². The highest BCUT2D eigenvalue weighted by Crippen LogP contribution is 2.15. The van der Waals surface area contributed by atoms with Crippen molar-refractivity contribution in [3.05, 3.63) is 36.5 Å². The molecule has 1 heterocycles. The van der Waals surface area contributed by atoms with E-state index in [-0.39, 0.29) is 0 Å². The van der Waals surface area contributed by atoms with Crippen LogP contribution in [0.5, 0.6) is 0 Å². The number of aromatic nitrogens is 3. The minimum absolute atomic E-state index is 0.530. The Morgan fingerprint density at radius 1 is 1.22 bits per heavy atom. The van der Waals surface area contributed by atoms with E-state index in [9.17, 15) is 4.79 Å². The van der Waals surface area contributed by atoms with E-state index in [0.717, 1.165) is 10.2 Å². The highest BCUT2D eigenvalue weighted by atomic mass is 16.6. The molecule has 2 aromatic rings. The Balaban J connectivity index is 2.19. The maximum atomic E-state index is 11.7. The van der Waals surface area contributed by atoms with Gasteiger partial charge in [-0.3, -0.25) is 0 Å². The molecule has 0 bridgehead atoms. The average Bonchev–Trinajstić information content (AvgIpc) is 2.77. The molecular formula is C13H15N3O2. The second-order valence-corrected chi connectivity index (χ2v) is 4.89. The summed E-state index contributed by atoms with van der Waals surface area (Å²) in [5, 5.41) is 7.72. The summed E-state index contributed by atoms with van der Waals surface area (Å²) in [5.41, 5.74) is 1.00. The predicted molar refractivity (Wildman–Crippen MR) is 67.1 cm³/mol. The largest absolute Gasteiger partial charge is 0.442 e. The molecule has 0 aliphatic carbocycles. The maximum absolute atomic E-state index is 11.7. The van der Waals surface area contributed by atoms with Crippen LogP contribution in [0.1, 0.15) is 20.8 Å². The quantitative estimate of drug-likeness (QED) is 0.775. The lowest BCUT2D eigenvalue weighted by Crippen LogP contribution is -2.27. The molecule has 5 heteroatoms. The summed E-state index contributed by atoms with van der Waals surface area (Å²) in [4.78, 5) is 11.7. The molecule has 0 saturated heterocycles. The van der Waals surface area contributed by atoms with Crippen LogP contribution < -0.4 is 0 Å². The lowest BCUT2D eigenvalue weighted by atomic mass is 10.2. The van der Waals surface area contributed by atoms with Crippen LogP contribution in [-0.2, 0) is 4.74 Å².